The fourth-order valence-corrected chi connectivity index (χ4v) is 2.18. The van der Waals surface area contributed by atoms with E-state index in [1.165, 1.54) is 5.69 Å². The molecule has 2 aromatic heterocycles. The lowest BCUT2D eigenvalue weighted by atomic mass is 10.3. The predicted octanol–water partition coefficient (Wildman–Crippen LogP) is 1.68. The number of pyridine rings is 1. The van der Waals surface area contributed by atoms with Crippen molar-refractivity contribution in [3.63, 3.8) is 0 Å². The molecule has 2 aromatic rings. The zero-order chi connectivity index (χ0) is 12.3. The molecule has 0 aromatic carbocycles. The molecule has 0 unspecified atom stereocenters. The van der Waals surface area contributed by atoms with Gasteiger partial charge in [0.2, 0.25) is 0 Å². The summed E-state index contributed by atoms with van der Waals surface area (Å²) in [6, 6.07) is 6.08. The Morgan fingerprint density at radius 3 is 2.71 bits per heavy atom. The van der Waals surface area contributed by atoms with Crippen LogP contribution in [0, 0.1) is 0 Å². The van der Waals surface area contributed by atoms with Crippen LogP contribution in [0.5, 0.6) is 0 Å². The minimum Gasteiger partial charge on any atom is -0.356 e. The van der Waals surface area contributed by atoms with Gasteiger partial charge in [0.1, 0.15) is 5.65 Å². The fraction of sp³-hybridized carbons (Fsp3) is 0.462. The molecule has 4 nitrogen and oxygen atoms in total. The Morgan fingerprint density at radius 2 is 2.06 bits per heavy atom. The van der Waals surface area contributed by atoms with E-state index in [-0.39, 0.29) is 0 Å². The number of anilines is 1. The van der Waals surface area contributed by atoms with Crippen molar-refractivity contribution in [2.75, 3.05) is 24.5 Å². The standard InChI is InChI=1S/C13H20N4/c1-3-16(4-2)13-11(8-9-14)17-10-6-5-7-12(17)15-13/h5-7,10H,3-4,8-9,14H2,1-2H3. The third-order valence-corrected chi connectivity index (χ3v) is 3.05. The van der Waals surface area contributed by atoms with E-state index < -0.39 is 0 Å². The van der Waals surface area contributed by atoms with Crippen LogP contribution >= 0.6 is 0 Å². The van der Waals surface area contributed by atoms with E-state index in [0.717, 1.165) is 31.0 Å². The topological polar surface area (TPSA) is 46.6 Å². The van der Waals surface area contributed by atoms with Gasteiger partial charge in [-0.1, -0.05) is 6.07 Å². The highest BCUT2D eigenvalue weighted by Crippen LogP contribution is 2.21. The van der Waals surface area contributed by atoms with Crippen molar-refractivity contribution in [2.24, 2.45) is 5.73 Å². The van der Waals surface area contributed by atoms with E-state index in [1.807, 2.05) is 18.2 Å². The highest BCUT2D eigenvalue weighted by Gasteiger charge is 2.15. The first-order chi connectivity index (χ1) is 8.31. The molecule has 0 aliphatic heterocycles. The molecule has 2 rings (SSSR count). The number of hydrogen-bond donors (Lipinski definition) is 1. The molecule has 17 heavy (non-hydrogen) atoms. The molecule has 0 bridgehead atoms. The first kappa shape index (κ1) is 11.9. The number of nitrogens with two attached hydrogens (primary N) is 1. The van der Waals surface area contributed by atoms with Gasteiger partial charge in [0, 0.05) is 25.7 Å². The Labute approximate surface area is 102 Å². The zero-order valence-electron chi connectivity index (χ0n) is 10.6. The molecule has 0 aliphatic carbocycles. The first-order valence-corrected chi connectivity index (χ1v) is 6.22. The van der Waals surface area contributed by atoms with Crippen molar-refractivity contribution >= 4 is 11.5 Å². The van der Waals surface area contributed by atoms with Gasteiger partial charge in [0.25, 0.3) is 0 Å². The highest BCUT2D eigenvalue weighted by molar-refractivity contribution is 5.56. The second kappa shape index (κ2) is 5.19. The third-order valence-electron chi connectivity index (χ3n) is 3.05. The Bertz CT molecular complexity index is 485. The van der Waals surface area contributed by atoms with Gasteiger partial charge in [-0.2, -0.15) is 0 Å². The summed E-state index contributed by atoms with van der Waals surface area (Å²) >= 11 is 0. The Hall–Kier alpha value is -1.55. The summed E-state index contributed by atoms with van der Waals surface area (Å²) in [5, 5.41) is 0. The summed E-state index contributed by atoms with van der Waals surface area (Å²) in [5.74, 6) is 1.08. The smallest absolute Gasteiger partial charge is 0.151 e. The summed E-state index contributed by atoms with van der Waals surface area (Å²) in [4.78, 5) is 6.98. The Morgan fingerprint density at radius 1 is 1.29 bits per heavy atom. The lowest BCUT2D eigenvalue weighted by Gasteiger charge is -2.19. The van der Waals surface area contributed by atoms with Crippen LogP contribution in [0.1, 0.15) is 19.5 Å². The van der Waals surface area contributed by atoms with Gasteiger partial charge in [-0.05, 0) is 32.5 Å². The molecule has 0 atom stereocenters. The van der Waals surface area contributed by atoms with Crippen molar-refractivity contribution < 1.29 is 0 Å². The van der Waals surface area contributed by atoms with Crippen LogP contribution in [0.4, 0.5) is 5.82 Å². The molecule has 0 amide bonds. The zero-order valence-corrected chi connectivity index (χ0v) is 10.6. The second-order valence-corrected chi connectivity index (χ2v) is 4.02. The first-order valence-electron chi connectivity index (χ1n) is 6.22. The highest BCUT2D eigenvalue weighted by atomic mass is 15.2. The van der Waals surface area contributed by atoms with E-state index in [4.69, 9.17) is 10.7 Å². The molecule has 2 N–H and O–H groups in total. The number of rotatable bonds is 5. The number of imidazole rings is 1. The molecular formula is C13H20N4. The van der Waals surface area contributed by atoms with Gasteiger partial charge in [-0.3, -0.25) is 0 Å². The van der Waals surface area contributed by atoms with Crippen molar-refractivity contribution in [3.8, 4) is 0 Å². The second-order valence-electron chi connectivity index (χ2n) is 4.02. The fourth-order valence-electron chi connectivity index (χ4n) is 2.18. The minimum atomic E-state index is 0.650. The summed E-state index contributed by atoms with van der Waals surface area (Å²) in [7, 11) is 0. The summed E-state index contributed by atoms with van der Waals surface area (Å²) < 4.78 is 2.14. The average Bonchev–Trinajstić information content (AvgIpc) is 2.71. The van der Waals surface area contributed by atoms with Crippen molar-refractivity contribution in [1.82, 2.24) is 9.38 Å². The molecule has 0 radical (unpaired) electrons. The van der Waals surface area contributed by atoms with Crippen molar-refractivity contribution in [1.29, 1.82) is 0 Å². The van der Waals surface area contributed by atoms with Crippen LogP contribution in [0.15, 0.2) is 24.4 Å². The Balaban J connectivity index is 2.56. The van der Waals surface area contributed by atoms with Gasteiger partial charge >= 0.3 is 0 Å². The summed E-state index contributed by atoms with van der Waals surface area (Å²) in [5.41, 5.74) is 7.92. The molecule has 0 fully saturated rings. The number of nitrogens with zero attached hydrogens (tertiary/aromatic N) is 3. The van der Waals surface area contributed by atoms with Gasteiger partial charge in [-0.25, -0.2) is 4.98 Å². The number of fused-ring (bicyclic) bond motifs is 1. The molecular weight excluding hydrogens is 212 g/mol. The monoisotopic (exact) mass is 232 g/mol. The minimum absolute atomic E-state index is 0.650. The molecule has 0 aliphatic rings. The lowest BCUT2D eigenvalue weighted by molar-refractivity contribution is 0.824. The average molecular weight is 232 g/mol. The maximum Gasteiger partial charge on any atom is 0.151 e. The maximum absolute atomic E-state index is 5.70. The molecule has 0 spiro atoms. The summed E-state index contributed by atoms with van der Waals surface area (Å²) in [6.07, 6.45) is 2.91. The van der Waals surface area contributed by atoms with E-state index in [2.05, 4.69) is 29.3 Å². The Kier molecular flexibility index (Phi) is 3.64. The van der Waals surface area contributed by atoms with Crippen LogP contribution in [-0.2, 0) is 6.42 Å². The quantitative estimate of drug-likeness (QED) is 0.853. The van der Waals surface area contributed by atoms with Crippen LogP contribution in [0.2, 0.25) is 0 Å². The van der Waals surface area contributed by atoms with Gasteiger partial charge in [-0.15, -0.1) is 0 Å². The molecule has 0 saturated carbocycles. The third kappa shape index (κ3) is 2.13. The molecule has 2 heterocycles. The largest absolute Gasteiger partial charge is 0.356 e. The van der Waals surface area contributed by atoms with Crippen LogP contribution in [0.25, 0.3) is 5.65 Å². The van der Waals surface area contributed by atoms with E-state index in [1.54, 1.807) is 0 Å². The number of aromatic nitrogens is 2. The predicted molar refractivity (Wildman–Crippen MR) is 71.5 cm³/mol. The van der Waals surface area contributed by atoms with E-state index in [9.17, 15) is 0 Å². The molecule has 4 heteroatoms. The van der Waals surface area contributed by atoms with E-state index >= 15 is 0 Å². The molecule has 0 saturated heterocycles. The lowest BCUT2D eigenvalue weighted by Crippen LogP contribution is -2.24. The normalized spacial score (nSPS) is 11.0. The van der Waals surface area contributed by atoms with Crippen molar-refractivity contribution in [2.45, 2.75) is 20.3 Å². The maximum atomic E-state index is 5.70. The van der Waals surface area contributed by atoms with Crippen molar-refractivity contribution in [3.05, 3.63) is 30.1 Å². The van der Waals surface area contributed by atoms with Crippen LogP contribution in [-0.4, -0.2) is 29.0 Å². The van der Waals surface area contributed by atoms with Crippen LogP contribution in [0.3, 0.4) is 0 Å². The van der Waals surface area contributed by atoms with Gasteiger partial charge < -0.3 is 15.0 Å². The SMILES string of the molecule is CCN(CC)c1nc2ccccn2c1CCN. The number of hydrogen-bond acceptors (Lipinski definition) is 3. The van der Waals surface area contributed by atoms with Gasteiger partial charge in [0.15, 0.2) is 5.82 Å². The summed E-state index contributed by atoms with van der Waals surface area (Å²) in [6.45, 7) is 6.90. The van der Waals surface area contributed by atoms with E-state index in [0.29, 0.717) is 6.54 Å². The van der Waals surface area contributed by atoms with Crippen LogP contribution < -0.4 is 10.6 Å². The van der Waals surface area contributed by atoms with Gasteiger partial charge in [0.05, 0.1) is 5.69 Å². The molecule has 92 valence electrons.